The molecule has 0 amide bonds. The van der Waals surface area contributed by atoms with E-state index in [2.05, 4.69) is 15.0 Å². The van der Waals surface area contributed by atoms with Crippen LogP contribution in [0.1, 0.15) is 5.76 Å². The Bertz CT molecular complexity index is 1680. The fraction of sp³-hybridized carbons (Fsp3) is 0.115. The first kappa shape index (κ1) is 22.0. The van der Waals surface area contributed by atoms with Crippen LogP contribution in [-0.2, 0) is 0 Å². The van der Waals surface area contributed by atoms with E-state index < -0.39 is 11.2 Å². The number of aromatic amines is 2. The zero-order valence-electron chi connectivity index (χ0n) is 19.1. The Kier molecular flexibility index (Phi) is 5.37. The lowest BCUT2D eigenvalue weighted by atomic mass is 10.1. The predicted octanol–water partition coefficient (Wildman–Crippen LogP) is 4.24. The van der Waals surface area contributed by atoms with Gasteiger partial charge in [-0.05, 0) is 55.5 Å². The largest absolute Gasteiger partial charge is 0.501 e. The molecule has 0 unspecified atom stereocenters. The molecule has 0 bridgehead atoms. The molecular weight excluding hydrogens is 450 g/mol. The molecule has 0 radical (unpaired) electrons. The average molecular weight is 471 g/mol. The maximum Gasteiger partial charge on any atom is 0.259 e. The quantitative estimate of drug-likeness (QED) is 0.349. The van der Waals surface area contributed by atoms with E-state index in [0.29, 0.717) is 34.0 Å². The first-order chi connectivity index (χ1) is 16.9. The summed E-state index contributed by atoms with van der Waals surface area (Å²) < 4.78 is 16.2. The third-order valence-corrected chi connectivity index (χ3v) is 5.65. The standard InChI is InChI=1S/C26H21N3O6/c1-13-10-20(30)23(31)24(35-13)22-21(14-4-6-16(33-2)7-5-14)28-25(29-22)18-12-15-11-17(34-3)8-9-19(15)27-26(18)32/h4-12,31H,1-3H3,(H,27,32)(H,28,29). The van der Waals surface area contributed by atoms with Gasteiger partial charge in [0.25, 0.3) is 5.56 Å². The van der Waals surface area contributed by atoms with Gasteiger partial charge >= 0.3 is 0 Å². The monoisotopic (exact) mass is 471 g/mol. The number of aryl methyl sites for hydroxylation is 1. The van der Waals surface area contributed by atoms with Crippen molar-refractivity contribution in [3.05, 3.63) is 80.9 Å². The highest BCUT2D eigenvalue weighted by atomic mass is 16.5. The summed E-state index contributed by atoms with van der Waals surface area (Å²) in [5, 5.41) is 11.2. The van der Waals surface area contributed by atoms with E-state index in [4.69, 9.17) is 13.9 Å². The molecule has 0 spiro atoms. The molecule has 0 aliphatic rings. The van der Waals surface area contributed by atoms with Crippen LogP contribution in [0.4, 0.5) is 0 Å². The number of rotatable bonds is 5. The zero-order valence-corrected chi connectivity index (χ0v) is 19.1. The number of nitrogens with zero attached hydrogens (tertiary/aromatic N) is 1. The fourth-order valence-corrected chi connectivity index (χ4v) is 3.88. The summed E-state index contributed by atoms with van der Waals surface area (Å²) in [5.41, 5.74) is 1.26. The fourth-order valence-electron chi connectivity index (χ4n) is 3.88. The SMILES string of the molecule is COc1ccc(-c2nc(-c3cc4cc(OC)ccc4[nH]c3=O)[nH]c2-c2oc(C)cc(=O)c2O)cc1. The molecule has 3 aromatic heterocycles. The molecule has 0 saturated heterocycles. The van der Waals surface area contributed by atoms with Crippen molar-refractivity contribution in [2.45, 2.75) is 6.92 Å². The molecule has 176 valence electrons. The molecular formula is C26H21N3O6. The Labute approximate surface area is 198 Å². The van der Waals surface area contributed by atoms with Gasteiger partial charge in [-0.2, -0.15) is 0 Å². The number of benzene rings is 2. The second-order valence-electron chi connectivity index (χ2n) is 7.90. The lowest BCUT2D eigenvalue weighted by Crippen LogP contribution is -2.09. The van der Waals surface area contributed by atoms with Crippen LogP contribution in [0.25, 0.3) is 45.0 Å². The van der Waals surface area contributed by atoms with Crippen LogP contribution in [0.3, 0.4) is 0 Å². The number of methoxy groups -OCH3 is 2. The third kappa shape index (κ3) is 3.93. The Morgan fingerprint density at radius 1 is 0.914 bits per heavy atom. The van der Waals surface area contributed by atoms with E-state index >= 15 is 0 Å². The second-order valence-corrected chi connectivity index (χ2v) is 7.90. The molecule has 0 aliphatic heterocycles. The highest BCUT2D eigenvalue weighted by molar-refractivity contribution is 5.86. The van der Waals surface area contributed by atoms with Crippen molar-refractivity contribution in [2.75, 3.05) is 14.2 Å². The summed E-state index contributed by atoms with van der Waals surface area (Å²) in [6.45, 7) is 1.61. The van der Waals surface area contributed by atoms with E-state index in [1.54, 1.807) is 69.7 Å². The number of ether oxygens (including phenoxy) is 2. The van der Waals surface area contributed by atoms with Crippen molar-refractivity contribution in [2.24, 2.45) is 0 Å². The topological polar surface area (TPSA) is 130 Å². The number of hydrogen-bond acceptors (Lipinski definition) is 7. The van der Waals surface area contributed by atoms with Gasteiger partial charge in [-0.15, -0.1) is 0 Å². The van der Waals surface area contributed by atoms with Gasteiger partial charge < -0.3 is 29.0 Å². The second kappa shape index (κ2) is 8.53. The molecule has 0 atom stereocenters. The summed E-state index contributed by atoms with van der Waals surface area (Å²) in [4.78, 5) is 35.8. The van der Waals surface area contributed by atoms with Gasteiger partial charge in [0.05, 0.1) is 19.8 Å². The van der Waals surface area contributed by atoms with Crippen molar-refractivity contribution in [3.8, 4) is 51.3 Å². The molecule has 3 N–H and O–H groups in total. The summed E-state index contributed by atoms with van der Waals surface area (Å²) in [5.74, 6) is 1.21. The predicted molar refractivity (Wildman–Crippen MR) is 131 cm³/mol. The normalized spacial score (nSPS) is 11.1. The van der Waals surface area contributed by atoms with Crippen molar-refractivity contribution in [1.82, 2.24) is 15.0 Å². The minimum atomic E-state index is -0.587. The number of pyridine rings is 1. The number of imidazole rings is 1. The smallest absolute Gasteiger partial charge is 0.259 e. The zero-order chi connectivity index (χ0) is 24.7. The van der Waals surface area contributed by atoms with Gasteiger partial charge in [-0.1, -0.05) is 0 Å². The Hall–Kier alpha value is -4.79. The van der Waals surface area contributed by atoms with Gasteiger partial charge in [0.2, 0.25) is 11.2 Å². The van der Waals surface area contributed by atoms with Crippen LogP contribution in [0.5, 0.6) is 17.2 Å². The summed E-state index contributed by atoms with van der Waals surface area (Å²) in [7, 11) is 3.13. The maximum absolute atomic E-state index is 13.0. The molecule has 2 aromatic carbocycles. The highest BCUT2D eigenvalue weighted by Crippen LogP contribution is 2.36. The van der Waals surface area contributed by atoms with Gasteiger partial charge in [-0.3, -0.25) is 9.59 Å². The lowest BCUT2D eigenvalue weighted by Gasteiger charge is -2.06. The molecule has 5 aromatic rings. The minimum Gasteiger partial charge on any atom is -0.501 e. The van der Waals surface area contributed by atoms with Crippen molar-refractivity contribution < 1.29 is 19.0 Å². The molecule has 9 heteroatoms. The van der Waals surface area contributed by atoms with Crippen LogP contribution in [0, 0.1) is 6.92 Å². The number of H-pyrrole nitrogens is 2. The van der Waals surface area contributed by atoms with Crippen LogP contribution in [0.2, 0.25) is 0 Å². The molecule has 5 rings (SSSR count). The van der Waals surface area contributed by atoms with Gasteiger partial charge in [0, 0.05) is 22.5 Å². The summed E-state index contributed by atoms with van der Waals surface area (Å²) in [6.07, 6.45) is 0. The molecule has 0 aliphatic carbocycles. The molecule has 35 heavy (non-hydrogen) atoms. The third-order valence-electron chi connectivity index (χ3n) is 5.65. The van der Waals surface area contributed by atoms with Gasteiger partial charge in [0.1, 0.15) is 34.5 Å². The van der Waals surface area contributed by atoms with Gasteiger partial charge in [-0.25, -0.2) is 4.98 Å². The molecule has 0 fully saturated rings. The van der Waals surface area contributed by atoms with E-state index in [0.717, 1.165) is 5.39 Å². The Morgan fingerprint density at radius 2 is 1.63 bits per heavy atom. The number of aromatic nitrogens is 3. The highest BCUT2D eigenvalue weighted by Gasteiger charge is 2.23. The number of fused-ring (bicyclic) bond motifs is 1. The van der Waals surface area contributed by atoms with E-state index in [1.165, 1.54) is 6.07 Å². The maximum atomic E-state index is 13.0. The van der Waals surface area contributed by atoms with E-state index in [9.17, 15) is 14.7 Å². The molecule has 9 nitrogen and oxygen atoms in total. The Balaban J connectivity index is 1.76. The van der Waals surface area contributed by atoms with Crippen LogP contribution in [0.15, 0.2) is 68.6 Å². The van der Waals surface area contributed by atoms with Crippen molar-refractivity contribution in [1.29, 1.82) is 0 Å². The number of nitrogens with one attached hydrogen (secondary N) is 2. The van der Waals surface area contributed by atoms with E-state index in [-0.39, 0.29) is 28.4 Å². The summed E-state index contributed by atoms with van der Waals surface area (Å²) in [6, 6.07) is 15.3. The van der Waals surface area contributed by atoms with Gasteiger partial charge in [0.15, 0.2) is 5.76 Å². The van der Waals surface area contributed by atoms with Crippen LogP contribution in [-0.4, -0.2) is 34.3 Å². The molecule has 0 saturated carbocycles. The first-order valence-corrected chi connectivity index (χ1v) is 10.7. The first-order valence-electron chi connectivity index (χ1n) is 10.7. The summed E-state index contributed by atoms with van der Waals surface area (Å²) >= 11 is 0. The Morgan fingerprint density at radius 3 is 2.34 bits per heavy atom. The van der Waals surface area contributed by atoms with Crippen LogP contribution >= 0.6 is 0 Å². The minimum absolute atomic E-state index is 0.0709. The number of hydrogen-bond donors (Lipinski definition) is 3. The number of aromatic hydroxyl groups is 1. The average Bonchev–Trinajstić information content (AvgIpc) is 3.30. The van der Waals surface area contributed by atoms with Crippen LogP contribution < -0.4 is 20.5 Å². The van der Waals surface area contributed by atoms with Crippen molar-refractivity contribution in [3.63, 3.8) is 0 Å². The lowest BCUT2D eigenvalue weighted by molar-refractivity contribution is 0.415. The van der Waals surface area contributed by atoms with Crippen molar-refractivity contribution >= 4 is 10.9 Å². The molecule has 3 heterocycles. The van der Waals surface area contributed by atoms with E-state index in [1.807, 2.05) is 0 Å².